The zero-order valence-electron chi connectivity index (χ0n) is 10.0. The van der Waals surface area contributed by atoms with Crippen molar-refractivity contribution in [3.8, 4) is 0 Å². The van der Waals surface area contributed by atoms with Crippen molar-refractivity contribution in [3.63, 3.8) is 0 Å². The van der Waals surface area contributed by atoms with Crippen molar-refractivity contribution in [2.75, 3.05) is 24.6 Å². The second-order valence-electron chi connectivity index (χ2n) is 4.65. The Kier molecular flexibility index (Phi) is 4.14. The minimum Gasteiger partial charge on any atom is -0.369 e. The number of thioether (sulfide) groups is 1. The van der Waals surface area contributed by atoms with E-state index in [0.29, 0.717) is 5.92 Å². The monoisotopic (exact) mass is 273 g/mol. The molecule has 0 aromatic rings. The van der Waals surface area contributed by atoms with Crippen LogP contribution in [0.3, 0.4) is 0 Å². The number of nitrogens with zero attached hydrogens (tertiary/aromatic N) is 1. The number of carbonyl (C=O) groups excluding carboxylic acids is 1. The Bertz CT molecular complexity index is 324. The van der Waals surface area contributed by atoms with Crippen molar-refractivity contribution in [1.82, 2.24) is 10.2 Å². The Hall–Kier alpha value is -0.490. The molecule has 0 radical (unpaired) electrons. The molecule has 2 rings (SSSR count). The predicted octanol–water partition coefficient (Wildman–Crippen LogP) is 0.420. The molecule has 2 aliphatic rings. The highest BCUT2D eigenvalue weighted by atomic mass is 32.2. The molecule has 4 nitrogen and oxygen atoms in total. The molecule has 0 saturated carbocycles. The van der Waals surface area contributed by atoms with Gasteiger partial charge in [0.1, 0.15) is 0 Å². The first-order valence-electron chi connectivity index (χ1n) is 6.06. The predicted molar refractivity (Wildman–Crippen MR) is 74.9 cm³/mol. The fraction of sp³-hybridized carbons (Fsp3) is 0.818. The van der Waals surface area contributed by atoms with Gasteiger partial charge in [-0.05, 0) is 37.2 Å². The number of carbonyl (C=O) groups is 1. The van der Waals surface area contributed by atoms with E-state index in [1.54, 1.807) is 0 Å². The van der Waals surface area contributed by atoms with E-state index in [1.807, 2.05) is 11.8 Å². The van der Waals surface area contributed by atoms with Gasteiger partial charge in [0.15, 0.2) is 5.11 Å². The minimum atomic E-state index is -0.201. The Labute approximate surface area is 112 Å². The summed E-state index contributed by atoms with van der Waals surface area (Å²) in [6.07, 6.45) is 1.09. The summed E-state index contributed by atoms with van der Waals surface area (Å²) in [4.78, 5) is 13.7. The van der Waals surface area contributed by atoms with Gasteiger partial charge in [0.2, 0.25) is 5.91 Å². The van der Waals surface area contributed by atoms with Crippen molar-refractivity contribution < 1.29 is 4.79 Å². The highest BCUT2D eigenvalue weighted by Gasteiger charge is 2.39. The molecule has 3 unspecified atom stereocenters. The maximum atomic E-state index is 11.5. The van der Waals surface area contributed by atoms with Gasteiger partial charge < -0.3 is 16.0 Å². The Morgan fingerprint density at radius 1 is 1.65 bits per heavy atom. The van der Waals surface area contributed by atoms with Gasteiger partial charge in [-0.25, -0.2) is 0 Å². The molecule has 0 spiro atoms. The maximum absolute atomic E-state index is 11.5. The van der Waals surface area contributed by atoms with Crippen LogP contribution in [0.1, 0.15) is 13.3 Å². The molecule has 2 fully saturated rings. The van der Waals surface area contributed by atoms with Crippen molar-refractivity contribution in [2.45, 2.75) is 19.4 Å². The molecule has 2 heterocycles. The van der Waals surface area contributed by atoms with Gasteiger partial charge in [0.05, 0.1) is 5.92 Å². The molecule has 3 atom stereocenters. The van der Waals surface area contributed by atoms with Crippen molar-refractivity contribution in [1.29, 1.82) is 0 Å². The van der Waals surface area contributed by atoms with Gasteiger partial charge in [0, 0.05) is 24.9 Å². The molecule has 6 heteroatoms. The van der Waals surface area contributed by atoms with Crippen LogP contribution < -0.4 is 11.1 Å². The average molecular weight is 273 g/mol. The van der Waals surface area contributed by atoms with Crippen LogP contribution in [0.2, 0.25) is 0 Å². The SMILES string of the molecule is CCN1CCC2CSCC(C(N)=O)C2NC1=S. The summed E-state index contributed by atoms with van der Waals surface area (Å²) in [5.41, 5.74) is 5.49. The molecular formula is C11H19N3OS2. The fourth-order valence-corrected chi connectivity index (χ4v) is 4.38. The van der Waals surface area contributed by atoms with Crippen LogP contribution in [0.25, 0.3) is 0 Å². The summed E-state index contributed by atoms with van der Waals surface area (Å²) in [7, 11) is 0. The van der Waals surface area contributed by atoms with E-state index in [-0.39, 0.29) is 17.9 Å². The molecule has 17 heavy (non-hydrogen) atoms. The number of rotatable bonds is 2. The van der Waals surface area contributed by atoms with E-state index in [9.17, 15) is 4.79 Å². The van der Waals surface area contributed by atoms with Crippen molar-refractivity contribution in [3.05, 3.63) is 0 Å². The van der Waals surface area contributed by atoms with E-state index < -0.39 is 0 Å². The number of nitrogens with two attached hydrogens (primary N) is 1. The van der Waals surface area contributed by atoms with E-state index in [4.69, 9.17) is 18.0 Å². The summed E-state index contributed by atoms with van der Waals surface area (Å²) >= 11 is 7.21. The lowest BCUT2D eigenvalue weighted by atomic mass is 9.87. The van der Waals surface area contributed by atoms with Crippen LogP contribution in [0.15, 0.2) is 0 Å². The van der Waals surface area contributed by atoms with E-state index in [1.165, 1.54) is 0 Å². The second kappa shape index (κ2) is 5.44. The standard InChI is InChI=1S/C11H19N3OS2/c1-2-14-4-3-7-5-17-6-8(10(12)15)9(7)13-11(14)16/h7-9H,2-6H2,1H3,(H2,12,15)(H,13,16). The summed E-state index contributed by atoms with van der Waals surface area (Å²) < 4.78 is 0. The topological polar surface area (TPSA) is 58.4 Å². The second-order valence-corrected chi connectivity index (χ2v) is 6.11. The molecule has 1 amide bonds. The summed E-state index contributed by atoms with van der Waals surface area (Å²) in [5.74, 6) is 2.13. The third-order valence-corrected chi connectivity index (χ3v) is 5.30. The average Bonchev–Trinajstić information content (AvgIpc) is 2.46. The molecule has 2 aliphatic heterocycles. The minimum absolute atomic E-state index is 0.0893. The van der Waals surface area contributed by atoms with Crippen LogP contribution in [0.5, 0.6) is 0 Å². The molecular weight excluding hydrogens is 254 g/mol. The molecule has 2 saturated heterocycles. The molecule has 96 valence electrons. The van der Waals surface area contributed by atoms with E-state index >= 15 is 0 Å². The van der Waals surface area contributed by atoms with Gasteiger partial charge in [-0.15, -0.1) is 0 Å². The number of fused-ring (bicyclic) bond motifs is 1. The van der Waals surface area contributed by atoms with Gasteiger partial charge in [-0.1, -0.05) is 0 Å². The highest BCUT2D eigenvalue weighted by Crippen LogP contribution is 2.31. The molecule has 3 N–H and O–H groups in total. The van der Waals surface area contributed by atoms with Crippen LogP contribution in [0, 0.1) is 11.8 Å². The van der Waals surface area contributed by atoms with Crippen molar-refractivity contribution >= 4 is 35.0 Å². The fourth-order valence-electron chi connectivity index (χ4n) is 2.58. The summed E-state index contributed by atoms with van der Waals surface area (Å²) in [5, 5.41) is 4.13. The molecule has 0 bridgehead atoms. The van der Waals surface area contributed by atoms with E-state index in [2.05, 4.69) is 17.1 Å². The van der Waals surface area contributed by atoms with Gasteiger partial charge >= 0.3 is 0 Å². The Morgan fingerprint density at radius 2 is 2.41 bits per heavy atom. The normalized spacial score (nSPS) is 33.6. The third-order valence-electron chi connectivity index (χ3n) is 3.67. The van der Waals surface area contributed by atoms with Crippen molar-refractivity contribution in [2.24, 2.45) is 17.6 Å². The van der Waals surface area contributed by atoms with Gasteiger partial charge in [-0.3, -0.25) is 4.79 Å². The first-order valence-corrected chi connectivity index (χ1v) is 7.62. The lowest BCUT2D eigenvalue weighted by Crippen LogP contribution is -2.53. The quantitative estimate of drug-likeness (QED) is 0.714. The summed E-state index contributed by atoms with van der Waals surface area (Å²) in [6.45, 7) is 4.00. The highest BCUT2D eigenvalue weighted by molar-refractivity contribution is 7.99. The number of amides is 1. The van der Waals surface area contributed by atoms with Crippen LogP contribution in [0.4, 0.5) is 0 Å². The Morgan fingerprint density at radius 3 is 3.06 bits per heavy atom. The number of primary amides is 1. The zero-order chi connectivity index (χ0) is 12.4. The first kappa shape index (κ1) is 13.0. The maximum Gasteiger partial charge on any atom is 0.223 e. The smallest absolute Gasteiger partial charge is 0.223 e. The molecule has 0 aliphatic carbocycles. The van der Waals surface area contributed by atoms with Crippen LogP contribution >= 0.6 is 24.0 Å². The number of thiocarbonyl (C=S) groups is 1. The van der Waals surface area contributed by atoms with Crippen LogP contribution in [-0.2, 0) is 4.79 Å². The molecule has 0 aromatic carbocycles. The lowest BCUT2D eigenvalue weighted by Gasteiger charge is -2.35. The van der Waals surface area contributed by atoms with Gasteiger partial charge in [0.25, 0.3) is 0 Å². The number of nitrogens with one attached hydrogen (secondary N) is 1. The summed E-state index contributed by atoms with van der Waals surface area (Å²) in [6, 6.07) is 0.137. The lowest BCUT2D eigenvalue weighted by molar-refractivity contribution is -0.122. The first-order chi connectivity index (χ1) is 8.13. The number of hydrogen-bond acceptors (Lipinski definition) is 3. The van der Waals surface area contributed by atoms with E-state index in [0.717, 1.165) is 36.1 Å². The zero-order valence-corrected chi connectivity index (χ0v) is 11.6. The third kappa shape index (κ3) is 2.68. The van der Waals surface area contributed by atoms with Gasteiger partial charge in [-0.2, -0.15) is 11.8 Å². The van der Waals surface area contributed by atoms with Crippen LogP contribution in [-0.4, -0.2) is 46.6 Å². The Balaban J connectivity index is 2.15. The number of hydrogen-bond donors (Lipinski definition) is 2. The molecule has 0 aromatic heterocycles. The largest absolute Gasteiger partial charge is 0.369 e.